The van der Waals surface area contributed by atoms with E-state index in [2.05, 4.69) is 30.9 Å². The Kier molecular flexibility index (Phi) is 8.04. The largest absolute Gasteiger partial charge is 0.356 e. The number of halogens is 2. The number of hydrogen-bond acceptors (Lipinski definition) is 5. The summed E-state index contributed by atoms with van der Waals surface area (Å²) in [5.41, 5.74) is 1.89. The van der Waals surface area contributed by atoms with Crippen LogP contribution in [0.3, 0.4) is 0 Å². The van der Waals surface area contributed by atoms with Crippen LogP contribution < -0.4 is 10.6 Å². The average Bonchev–Trinajstić information content (AvgIpc) is 3.27. The molecule has 0 aliphatic rings. The summed E-state index contributed by atoms with van der Waals surface area (Å²) in [6, 6.07) is 9.31. The number of rotatable bonds is 6. The van der Waals surface area contributed by atoms with Gasteiger partial charge in [-0.2, -0.15) is 10.1 Å². The Morgan fingerprint density at radius 2 is 2.15 bits per heavy atom. The standard InChI is InChI=1S/C17H20ClN7O.HI/c1-19-17(21-11-14-6-9-22-25(14)2)20-8-7-15-23-16(24-26-15)12-4-3-5-13(18)10-12;/h3-6,9-10H,7-8,11H2,1-2H3,(H2,19,20,21);1H. The molecule has 2 aromatic heterocycles. The second-order valence-electron chi connectivity index (χ2n) is 5.57. The van der Waals surface area contributed by atoms with Gasteiger partial charge in [0.05, 0.1) is 12.2 Å². The van der Waals surface area contributed by atoms with Crippen molar-refractivity contribution in [2.24, 2.45) is 12.0 Å². The Hall–Kier alpha value is -2.14. The molecular weight excluding hydrogens is 481 g/mol. The van der Waals surface area contributed by atoms with Gasteiger partial charge in [-0.25, -0.2) is 0 Å². The number of guanidine groups is 1. The fourth-order valence-electron chi connectivity index (χ4n) is 2.36. The molecule has 0 unspecified atom stereocenters. The number of aromatic nitrogens is 4. The summed E-state index contributed by atoms with van der Waals surface area (Å²) < 4.78 is 7.11. The molecule has 0 aliphatic carbocycles. The Balaban J connectivity index is 0.00000261. The van der Waals surface area contributed by atoms with Crippen LogP contribution in [0.25, 0.3) is 11.4 Å². The van der Waals surface area contributed by atoms with Crippen molar-refractivity contribution < 1.29 is 4.52 Å². The highest BCUT2D eigenvalue weighted by molar-refractivity contribution is 14.0. The molecule has 8 nitrogen and oxygen atoms in total. The second kappa shape index (κ2) is 10.3. The lowest BCUT2D eigenvalue weighted by Crippen LogP contribution is -2.38. The topological polar surface area (TPSA) is 93.2 Å². The van der Waals surface area contributed by atoms with E-state index in [4.69, 9.17) is 16.1 Å². The molecule has 0 saturated heterocycles. The molecule has 3 aromatic rings. The molecule has 144 valence electrons. The van der Waals surface area contributed by atoms with Gasteiger partial charge in [0.25, 0.3) is 0 Å². The predicted molar refractivity (Wildman–Crippen MR) is 115 cm³/mol. The molecule has 0 atom stereocenters. The van der Waals surface area contributed by atoms with Gasteiger partial charge in [-0.15, -0.1) is 24.0 Å². The molecule has 0 radical (unpaired) electrons. The number of hydrogen-bond donors (Lipinski definition) is 2. The van der Waals surface area contributed by atoms with Gasteiger partial charge in [0.15, 0.2) is 5.96 Å². The van der Waals surface area contributed by atoms with E-state index in [9.17, 15) is 0 Å². The van der Waals surface area contributed by atoms with Gasteiger partial charge in [-0.05, 0) is 18.2 Å². The maximum atomic E-state index is 5.99. The smallest absolute Gasteiger partial charge is 0.228 e. The van der Waals surface area contributed by atoms with E-state index in [0.29, 0.717) is 42.2 Å². The highest BCUT2D eigenvalue weighted by atomic mass is 127. The second-order valence-corrected chi connectivity index (χ2v) is 6.01. The minimum atomic E-state index is 0. The molecule has 0 aliphatic heterocycles. The SMILES string of the molecule is CN=C(NCCc1nc(-c2cccc(Cl)c2)no1)NCc1ccnn1C.I. The number of aryl methyl sites for hydroxylation is 1. The van der Waals surface area contributed by atoms with E-state index in [1.54, 1.807) is 25.4 Å². The minimum Gasteiger partial charge on any atom is -0.356 e. The van der Waals surface area contributed by atoms with Crippen LogP contribution in [-0.4, -0.2) is 39.5 Å². The number of aliphatic imine (C=N–C) groups is 1. The lowest BCUT2D eigenvalue weighted by molar-refractivity contribution is 0.378. The van der Waals surface area contributed by atoms with E-state index in [1.807, 2.05) is 29.9 Å². The van der Waals surface area contributed by atoms with Gasteiger partial charge < -0.3 is 15.2 Å². The van der Waals surface area contributed by atoms with Gasteiger partial charge in [0.2, 0.25) is 11.7 Å². The minimum absolute atomic E-state index is 0. The number of nitrogens with zero attached hydrogens (tertiary/aromatic N) is 5. The summed E-state index contributed by atoms with van der Waals surface area (Å²) in [5.74, 6) is 1.77. The molecule has 0 bridgehead atoms. The van der Waals surface area contributed by atoms with Crippen LogP contribution >= 0.6 is 35.6 Å². The van der Waals surface area contributed by atoms with E-state index in [-0.39, 0.29) is 24.0 Å². The maximum Gasteiger partial charge on any atom is 0.228 e. The quantitative estimate of drug-likeness (QED) is 0.306. The van der Waals surface area contributed by atoms with Crippen LogP contribution in [0.4, 0.5) is 0 Å². The maximum absolute atomic E-state index is 5.99. The van der Waals surface area contributed by atoms with E-state index < -0.39 is 0 Å². The van der Waals surface area contributed by atoms with Crippen molar-refractivity contribution in [1.82, 2.24) is 30.6 Å². The van der Waals surface area contributed by atoms with Crippen molar-refractivity contribution in [1.29, 1.82) is 0 Å². The Morgan fingerprint density at radius 3 is 2.85 bits per heavy atom. The summed E-state index contributed by atoms with van der Waals surface area (Å²) in [6.45, 7) is 1.25. The molecule has 2 N–H and O–H groups in total. The molecular formula is C17H21ClIN7O. The van der Waals surface area contributed by atoms with Gasteiger partial charge >= 0.3 is 0 Å². The third-order valence-electron chi connectivity index (χ3n) is 3.77. The monoisotopic (exact) mass is 501 g/mol. The van der Waals surface area contributed by atoms with Gasteiger partial charge in [0, 0.05) is 43.8 Å². The molecule has 10 heteroatoms. The lowest BCUT2D eigenvalue weighted by Gasteiger charge is -2.11. The lowest BCUT2D eigenvalue weighted by atomic mass is 10.2. The van der Waals surface area contributed by atoms with E-state index >= 15 is 0 Å². The van der Waals surface area contributed by atoms with E-state index in [1.165, 1.54) is 0 Å². The van der Waals surface area contributed by atoms with Crippen molar-refractivity contribution in [3.63, 3.8) is 0 Å². The van der Waals surface area contributed by atoms with Gasteiger partial charge in [0.1, 0.15) is 0 Å². The van der Waals surface area contributed by atoms with Crippen LogP contribution in [0, 0.1) is 0 Å². The number of benzene rings is 1. The normalized spacial score (nSPS) is 11.1. The Labute approximate surface area is 179 Å². The predicted octanol–water partition coefficient (Wildman–Crippen LogP) is 2.65. The van der Waals surface area contributed by atoms with Crippen LogP contribution in [0.5, 0.6) is 0 Å². The first-order valence-electron chi connectivity index (χ1n) is 8.15. The first kappa shape index (κ1) is 21.2. The molecule has 0 fully saturated rings. The number of nitrogens with one attached hydrogen (secondary N) is 2. The summed E-state index contributed by atoms with van der Waals surface area (Å²) in [4.78, 5) is 8.59. The molecule has 3 rings (SSSR count). The van der Waals surface area contributed by atoms with Crippen molar-refractivity contribution in [3.05, 3.63) is 53.1 Å². The Morgan fingerprint density at radius 1 is 1.30 bits per heavy atom. The average molecular weight is 502 g/mol. The molecule has 27 heavy (non-hydrogen) atoms. The summed E-state index contributed by atoms with van der Waals surface area (Å²) in [5, 5.41) is 15.2. The van der Waals surface area contributed by atoms with Crippen molar-refractivity contribution >= 4 is 41.5 Å². The van der Waals surface area contributed by atoms with Gasteiger partial charge in [-0.1, -0.05) is 28.9 Å². The van der Waals surface area contributed by atoms with Crippen LogP contribution in [0.15, 0.2) is 46.0 Å². The highest BCUT2D eigenvalue weighted by Crippen LogP contribution is 2.19. The van der Waals surface area contributed by atoms with Crippen molar-refractivity contribution in [2.75, 3.05) is 13.6 Å². The highest BCUT2D eigenvalue weighted by Gasteiger charge is 2.09. The summed E-state index contributed by atoms with van der Waals surface area (Å²) in [7, 11) is 3.63. The zero-order valence-electron chi connectivity index (χ0n) is 15.0. The molecule has 0 amide bonds. The molecule has 0 saturated carbocycles. The summed E-state index contributed by atoms with van der Waals surface area (Å²) in [6.07, 6.45) is 2.35. The van der Waals surface area contributed by atoms with Crippen molar-refractivity contribution in [2.45, 2.75) is 13.0 Å². The third kappa shape index (κ3) is 5.93. The molecule has 0 spiro atoms. The van der Waals surface area contributed by atoms with Gasteiger partial charge in [-0.3, -0.25) is 9.67 Å². The first-order chi connectivity index (χ1) is 12.7. The third-order valence-corrected chi connectivity index (χ3v) is 4.00. The van der Waals surface area contributed by atoms with Crippen LogP contribution in [-0.2, 0) is 20.0 Å². The fourth-order valence-corrected chi connectivity index (χ4v) is 2.55. The molecule has 2 heterocycles. The van der Waals surface area contributed by atoms with Crippen LogP contribution in [0.2, 0.25) is 5.02 Å². The Bertz CT molecular complexity index is 893. The zero-order valence-corrected chi connectivity index (χ0v) is 18.1. The fraction of sp³-hybridized carbons (Fsp3) is 0.294. The van der Waals surface area contributed by atoms with Crippen molar-refractivity contribution in [3.8, 4) is 11.4 Å². The summed E-state index contributed by atoms with van der Waals surface area (Å²) >= 11 is 5.99. The molecule has 1 aromatic carbocycles. The van der Waals surface area contributed by atoms with Crippen LogP contribution in [0.1, 0.15) is 11.6 Å². The zero-order chi connectivity index (χ0) is 18.4. The van der Waals surface area contributed by atoms with E-state index in [0.717, 1.165) is 11.3 Å². The first-order valence-corrected chi connectivity index (χ1v) is 8.53.